The molecule has 3 nitrogen and oxygen atoms in total. The van der Waals surface area contributed by atoms with Crippen molar-refractivity contribution in [2.45, 2.75) is 64.4 Å². The van der Waals surface area contributed by atoms with E-state index >= 15 is 0 Å². The lowest BCUT2D eigenvalue weighted by Gasteiger charge is -2.17. The molecule has 1 rings (SSSR count). The molecule has 19 heavy (non-hydrogen) atoms. The highest BCUT2D eigenvalue weighted by atomic mass is 32.2. The molecular formula is C15H24O3S. The predicted molar refractivity (Wildman–Crippen MR) is 78.0 cm³/mol. The molecule has 0 aliphatic rings. The predicted octanol–water partition coefficient (Wildman–Crippen LogP) is 4.05. The molecule has 1 aromatic carbocycles. The van der Waals surface area contributed by atoms with Crippen LogP contribution >= 0.6 is 0 Å². The first-order valence-electron chi connectivity index (χ1n) is 6.72. The molecule has 108 valence electrons. The van der Waals surface area contributed by atoms with Gasteiger partial charge in [0, 0.05) is 0 Å². The van der Waals surface area contributed by atoms with Gasteiger partial charge in [0.05, 0.1) is 11.0 Å². The lowest BCUT2D eigenvalue weighted by atomic mass is 9.96. The van der Waals surface area contributed by atoms with E-state index in [1.807, 2.05) is 26.0 Å². The van der Waals surface area contributed by atoms with Gasteiger partial charge in [0.1, 0.15) is 0 Å². The molecule has 0 radical (unpaired) electrons. The molecule has 0 N–H and O–H groups in total. The summed E-state index contributed by atoms with van der Waals surface area (Å²) in [6.45, 7) is 11.6. The van der Waals surface area contributed by atoms with Crippen molar-refractivity contribution in [2.24, 2.45) is 0 Å². The van der Waals surface area contributed by atoms with Gasteiger partial charge in [-0.25, -0.2) is 0 Å². The quantitative estimate of drug-likeness (QED) is 0.766. The minimum absolute atomic E-state index is 0.138. The van der Waals surface area contributed by atoms with Gasteiger partial charge >= 0.3 is 0 Å². The van der Waals surface area contributed by atoms with Crippen molar-refractivity contribution in [2.75, 3.05) is 0 Å². The third kappa shape index (κ3) is 4.05. The molecular weight excluding hydrogens is 260 g/mol. The van der Waals surface area contributed by atoms with Crippen LogP contribution in [0.2, 0.25) is 0 Å². The summed E-state index contributed by atoms with van der Waals surface area (Å²) in [5, 5.41) is 0. The average Bonchev–Trinajstić information content (AvgIpc) is 2.26. The maximum absolute atomic E-state index is 12.2. The van der Waals surface area contributed by atoms with Crippen molar-refractivity contribution < 1.29 is 12.6 Å². The maximum Gasteiger partial charge on any atom is 0.297 e. The Bertz CT molecular complexity index is 528. The van der Waals surface area contributed by atoms with E-state index in [0.29, 0.717) is 10.8 Å². The summed E-state index contributed by atoms with van der Waals surface area (Å²) in [5.74, 6) is 0.513. The zero-order chi connectivity index (χ0) is 14.8. The van der Waals surface area contributed by atoms with Gasteiger partial charge in [-0.2, -0.15) is 8.42 Å². The Morgan fingerprint density at radius 1 is 0.947 bits per heavy atom. The fourth-order valence-electron chi connectivity index (χ4n) is 1.91. The molecule has 0 atom stereocenters. The van der Waals surface area contributed by atoms with Gasteiger partial charge in [-0.05, 0) is 42.9 Å². The summed E-state index contributed by atoms with van der Waals surface area (Å²) in [6, 6.07) is 5.52. The zero-order valence-corrected chi connectivity index (χ0v) is 13.4. The Morgan fingerprint density at radius 3 is 1.95 bits per heavy atom. The Hall–Kier alpha value is -0.870. The van der Waals surface area contributed by atoms with Crippen LogP contribution in [0.15, 0.2) is 23.1 Å². The van der Waals surface area contributed by atoms with E-state index in [0.717, 1.165) is 11.1 Å². The van der Waals surface area contributed by atoms with Crippen molar-refractivity contribution in [1.29, 1.82) is 0 Å². The second-order valence-corrected chi connectivity index (χ2v) is 7.25. The summed E-state index contributed by atoms with van der Waals surface area (Å²) >= 11 is 0. The largest absolute Gasteiger partial charge is 0.297 e. The fourth-order valence-corrected chi connectivity index (χ4v) is 3.34. The average molecular weight is 284 g/mol. The minimum atomic E-state index is -3.68. The van der Waals surface area contributed by atoms with E-state index in [-0.39, 0.29) is 12.0 Å². The molecule has 0 aromatic heterocycles. The van der Waals surface area contributed by atoms with E-state index in [9.17, 15) is 8.42 Å². The highest BCUT2D eigenvalue weighted by Crippen LogP contribution is 2.29. The Labute approximate surface area is 117 Å². The van der Waals surface area contributed by atoms with E-state index in [2.05, 4.69) is 13.8 Å². The van der Waals surface area contributed by atoms with E-state index in [1.165, 1.54) is 0 Å². The first kappa shape index (κ1) is 16.2. The molecule has 0 bridgehead atoms. The van der Waals surface area contributed by atoms with Crippen molar-refractivity contribution >= 4 is 10.1 Å². The molecule has 0 aliphatic heterocycles. The monoisotopic (exact) mass is 284 g/mol. The number of hydrogen-bond donors (Lipinski definition) is 0. The summed E-state index contributed by atoms with van der Waals surface area (Å²) in [4.78, 5) is 0.292. The van der Waals surface area contributed by atoms with Crippen LogP contribution in [0.4, 0.5) is 0 Å². The molecule has 0 fully saturated rings. The molecule has 0 aliphatic carbocycles. The summed E-state index contributed by atoms with van der Waals surface area (Å²) < 4.78 is 29.5. The Kier molecular flexibility index (Phi) is 5.16. The van der Waals surface area contributed by atoms with Crippen LogP contribution in [0, 0.1) is 0 Å². The maximum atomic E-state index is 12.2. The molecule has 0 saturated heterocycles. The first-order chi connectivity index (χ1) is 8.65. The third-order valence-corrected chi connectivity index (χ3v) is 4.46. The first-order valence-corrected chi connectivity index (χ1v) is 8.13. The fraction of sp³-hybridized carbons (Fsp3) is 0.600. The lowest BCUT2D eigenvalue weighted by molar-refractivity contribution is 0.248. The van der Waals surface area contributed by atoms with Gasteiger partial charge in [0.25, 0.3) is 10.1 Å². The minimum Gasteiger partial charge on any atom is -0.264 e. The highest BCUT2D eigenvalue weighted by molar-refractivity contribution is 7.86. The Balaban J connectivity index is 3.36. The van der Waals surface area contributed by atoms with Crippen LogP contribution in [0.3, 0.4) is 0 Å². The molecule has 4 heteroatoms. The normalized spacial score (nSPS) is 12.7. The molecule has 0 unspecified atom stereocenters. The topological polar surface area (TPSA) is 43.4 Å². The summed E-state index contributed by atoms with van der Waals surface area (Å²) in [7, 11) is -3.68. The van der Waals surface area contributed by atoms with E-state index < -0.39 is 10.1 Å². The van der Waals surface area contributed by atoms with Crippen LogP contribution < -0.4 is 0 Å². The zero-order valence-electron chi connectivity index (χ0n) is 12.6. The highest BCUT2D eigenvalue weighted by Gasteiger charge is 2.23. The summed E-state index contributed by atoms with van der Waals surface area (Å²) in [6.07, 6.45) is -0.352. The van der Waals surface area contributed by atoms with Crippen LogP contribution in [-0.2, 0) is 14.3 Å². The van der Waals surface area contributed by atoms with E-state index in [1.54, 1.807) is 19.9 Å². The smallest absolute Gasteiger partial charge is 0.264 e. The Morgan fingerprint density at radius 2 is 1.53 bits per heavy atom. The van der Waals surface area contributed by atoms with Gasteiger partial charge in [-0.3, -0.25) is 4.18 Å². The number of hydrogen-bond acceptors (Lipinski definition) is 3. The van der Waals surface area contributed by atoms with Crippen molar-refractivity contribution in [3.05, 3.63) is 29.3 Å². The second kappa shape index (κ2) is 6.06. The number of benzene rings is 1. The van der Waals surface area contributed by atoms with Gasteiger partial charge in [0.2, 0.25) is 0 Å². The molecule has 1 aromatic rings. The standard InChI is InChI=1S/C15H24O3S/c1-10(2)13-7-8-15(14(9-13)11(3)4)19(16,17)18-12(5)6/h7-12H,1-6H3. The van der Waals surface area contributed by atoms with Gasteiger partial charge in [0.15, 0.2) is 0 Å². The third-order valence-electron chi connectivity index (χ3n) is 2.91. The lowest BCUT2D eigenvalue weighted by Crippen LogP contribution is -2.15. The van der Waals surface area contributed by atoms with Crippen molar-refractivity contribution in [1.82, 2.24) is 0 Å². The van der Waals surface area contributed by atoms with E-state index in [4.69, 9.17) is 4.18 Å². The molecule has 0 amide bonds. The molecule has 0 saturated carbocycles. The van der Waals surface area contributed by atoms with Crippen LogP contribution in [0.1, 0.15) is 64.5 Å². The molecule has 0 heterocycles. The van der Waals surface area contributed by atoms with Crippen LogP contribution in [-0.4, -0.2) is 14.5 Å². The van der Waals surface area contributed by atoms with Crippen molar-refractivity contribution in [3.8, 4) is 0 Å². The van der Waals surface area contributed by atoms with Gasteiger partial charge < -0.3 is 0 Å². The SMILES string of the molecule is CC(C)OS(=O)(=O)c1ccc(C(C)C)cc1C(C)C. The van der Waals surface area contributed by atoms with Crippen LogP contribution in [0.5, 0.6) is 0 Å². The number of rotatable bonds is 5. The summed E-state index contributed by atoms with van der Waals surface area (Å²) in [5.41, 5.74) is 1.97. The van der Waals surface area contributed by atoms with Crippen molar-refractivity contribution in [3.63, 3.8) is 0 Å². The van der Waals surface area contributed by atoms with Gasteiger partial charge in [-0.15, -0.1) is 0 Å². The van der Waals surface area contributed by atoms with Crippen LogP contribution in [0.25, 0.3) is 0 Å². The van der Waals surface area contributed by atoms with Gasteiger partial charge in [-0.1, -0.05) is 39.8 Å². The second-order valence-electron chi connectivity index (χ2n) is 5.71. The molecule has 0 spiro atoms.